The van der Waals surface area contributed by atoms with Gasteiger partial charge in [-0.3, -0.25) is 4.79 Å². The summed E-state index contributed by atoms with van der Waals surface area (Å²) >= 11 is 1.59. The first-order valence-electron chi connectivity index (χ1n) is 8.52. The second-order valence-corrected chi connectivity index (χ2v) is 7.30. The Labute approximate surface area is 144 Å². The predicted octanol–water partition coefficient (Wildman–Crippen LogP) is 2.76. The lowest BCUT2D eigenvalue weighted by Crippen LogP contribution is -2.37. The molecule has 1 saturated heterocycles. The summed E-state index contributed by atoms with van der Waals surface area (Å²) < 4.78 is 11.1. The summed E-state index contributed by atoms with van der Waals surface area (Å²) in [7, 11) is 0. The van der Waals surface area contributed by atoms with Gasteiger partial charge in [-0.2, -0.15) is 11.3 Å². The molecular weight excluding hydrogens is 326 g/mol. The number of carbonyl (C=O) groups excluding carboxylic acids is 1. The highest BCUT2D eigenvalue weighted by molar-refractivity contribution is 7.08. The van der Waals surface area contributed by atoms with Gasteiger partial charge in [-0.25, -0.2) is 0 Å². The van der Waals surface area contributed by atoms with Crippen LogP contribution in [0.3, 0.4) is 0 Å². The highest BCUT2D eigenvalue weighted by Crippen LogP contribution is 2.30. The van der Waals surface area contributed by atoms with Crippen LogP contribution in [0.25, 0.3) is 11.5 Å². The molecule has 1 aliphatic carbocycles. The SMILES string of the molecule is O=C(CCc1nnc(-c2ccsc2)o1)N(CC1CCOC1)C1CC1. The Hall–Kier alpha value is -1.73. The molecule has 3 heterocycles. The highest BCUT2D eigenvalue weighted by Gasteiger charge is 2.34. The van der Waals surface area contributed by atoms with Crippen LogP contribution in [0.1, 0.15) is 31.6 Å². The molecule has 128 valence electrons. The van der Waals surface area contributed by atoms with Gasteiger partial charge in [-0.15, -0.1) is 10.2 Å². The fourth-order valence-electron chi connectivity index (χ4n) is 3.06. The summed E-state index contributed by atoms with van der Waals surface area (Å²) in [5.74, 6) is 1.74. The molecule has 1 unspecified atom stereocenters. The molecule has 1 atom stereocenters. The van der Waals surface area contributed by atoms with E-state index in [0.29, 0.717) is 36.6 Å². The number of aryl methyl sites for hydroxylation is 1. The van der Waals surface area contributed by atoms with Crippen molar-refractivity contribution in [2.75, 3.05) is 19.8 Å². The third kappa shape index (κ3) is 3.67. The fraction of sp³-hybridized carbons (Fsp3) is 0.588. The minimum absolute atomic E-state index is 0.194. The van der Waals surface area contributed by atoms with Crippen LogP contribution in [0.2, 0.25) is 0 Å². The Balaban J connectivity index is 1.33. The van der Waals surface area contributed by atoms with E-state index in [4.69, 9.17) is 9.15 Å². The van der Waals surface area contributed by atoms with Gasteiger partial charge in [-0.05, 0) is 30.7 Å². The van der Waals surface area contributed by atoms with E-state index in [1.807, 2.05) is 16.8 Å². The molecule has 0 spiro atoms. The number of ether oxygens (including phenoxy) is 1. The van der Waals surface area contributed by atoms with Crippen molar-refractivity contribution < 1.29 is 13.9 Å². The first-order chi connectivity index (χ1) is 11.8. The van der Waals surface area contributed by atoms with Gasteiger partial charge >= 0.3 is 0 Å². The molecule has 1 aliphatic heterocycles. The summed E-state index contributed by atoms with van der Waals surface area (Å²) in [6, 6.07) is 2.38. The van der Waals surface area contributed by atoms with Crippen LogP contribution in [0, 0.1) is 5.92 Å². The number of thiophene rings is 1. The average Bonchev–Trinajstić information content (AvgIpc) is 3.06. The minimum Gasteiger partial charge on any atom is -0.421 e. The fourth-order valence-corrected chi connectivity index (χ4v) is 3.69. The van der Waals surface area contributed by atoms with Crippen molar-refractivity contribution in [1.29, 1.82) is 0 Å². The molecule has 2 fully saturated rings. The molecule has 0 N–H and O–H groups in total. The topological polar surface area (TPSA) is 68.5 Å². The molecule has 4 rings (SSSR count). The zero-order chi connectivity index (χ0) is 16.4. The normalized spacial score (nSPS) is 20.4. The van der Waals surface area contributed by atoms with Gasteiger partial charge in [-0.1, -0.05) is 0 Å². The van der Waals surface area contributed by atoms with Crippen LogP contribution in [0.15, 0.2) is 21.2 Å². The van der Waals surface area contributed by atoms with Gasteiger partial charge in [0.25, 0.3) is 0 Å². The Morgan fingerprint density at radius 3 is 2.96 bits per heavy atom. The smallest absolute Gasteiger partial charge is 0.248 e. The monoisotopic (exact) mass is 347 g/mol. The number of amides is 1. The third-order valence-corrected chi connectivity index (χ3v) is 5.26. The first-order valence-corrected chi connectivity index (χ1v) is 9.46. The van der Waals surface area contributed by atoms with E-state index in [2.05, 4.69) is 15.1 Å². The highest BCUT2D eigenvalue weighted by atomic mass is 32.1. The minimum atomic E-state index is 0.194. The van der Waals surface area contributed by atoms with E-state index < -0.39 is 0 Å². The Kier molecular flexibility index (Phi) is 4.62. The number of rotatable bonds is 7. The first kappa shape index (κ1) is 15.8. The summed E-state index contributed by atoms with van der Waals surface area (Å²) in [6.07, 6.45) is 4.24. The number of hydrogen-bond acceptors (Lipinski definition) is 6. The van der Waals surface area contributed by atoms with Crippen LogP contribution in [0.4, 0.5) is 0 Å². The lowest BCUT2D eigenvalue weighted by Gasteiger charge is -2.25. The maximum Gasteiger partial charge on any atom is 0.248 e. The van der Waals surface area contributed by atoms with E-state index >= 15 is 0 Å². The van der Waals surface area contributed by atoms with Gasteiger partial charge in [0.1, 0.15) is 0 Å². The Morgan fingerprint density at radius 2 is 2.25 bits per heavy atom. The zero-order valence-corrected chi connectivity index (χ0v) is 14.3. The summed E-state index contributed by atoms with van der Waals surface area (Å²) in [4.78, 5) is 14.7. The summed E-state index contributed by atoms with van der Waals surface area (Å²) in [5, 5.41) is 12.1. The maximum atomic E-state index is 12.6. The van der Waals surface area contributed by atoms with Crippen LogP contribution in [-0.4, -0.2) is 46.8 Å². The molecule has 0 bridgehead atoms. The molecule has 1 saturated carbocycles. The van der Waals surface area contributed by atoms with Gasteiger partial charge in [0.05, 0.1) is 6.61 Å². The molecule has 7 heteroatoms. The van der Waals surface area contributed by atoms with Crippen molar-refractivity contribution in [3.05, 3.63) is 22.7 Å². The summed E-state index contributed by atoms with van der Waals surface area (Å²) in [5.41, 5.74) is 0.936. The lowest BCUT2D eigenvalue weighted by atomic mass is 10.1. The van der Waals surface area contributed by atoms with Crippen molar-refractivity contribution >= 4 is 17.2 Å². The predicted molar refractivity (Wildman–Crippen MR) is 89.6 cm³/mol. The van der Waals surface area contributed by atoms with E-state index in [9.17, 15) is 4.79 Å². The van der Waals surface area contributed by atoms with E-state index in [-0.39, 0.29) is 5.91 Å². The molecule has 2 aliphatic rings. The van der Waals surface area contributed by atoms with Gasteiger partial charge < -0.3 is 14.1 Å². The second-order valence-electron chi connectivity index (χ2n) is 6.52. The number of carbonyl (C=O) groups is 1. The molecule has 0 radical (unpaired) electrons. The van der Waals surface area contributed by atoms with Crippen molar-refractivity contribution in [2.45, 2.75) is 38.1 Å². The molecule has 2 aromatic heterocycles. The van der Waals surface area contributed by atoms with E-state index in [0.717, 1.165) is 44.6 Å². The number of nitrogens with zero attached hydrogens (tertiary/aromatic N) is 3. The van der Waals surface area contributed by atoms with Gasteiger partial charge in [0, 0.05) is 48.9 Å². The van der Waals surface area contributed by atoms with Crippen molar-refractivity contribution in [3.63, 3.8) is 0 Å². The number of hydrogen-bond donors (Lipinski definition) is 0. The molecule has 0 aromatic carbocycles. The Morgan fingerprint density at radius 1 is 1.33 bits per heavy atom. The quantitative estimate of drug-likeness (QED) is 0.770. The van der Waals surface area contributed by atoms with Crippen LogP contribution < -0.4 is 0 Å². The van der Waals surface area contributed by atoms with Crippen LogP contribution in [-0.2, 0) is 16.0 Å². The van der Waals surface area contributed by atoms with Crippen LogP contribution in [0.5, 0.6) is 0 Å². The standard InChI is InChI=1S/C17H21N3O3S/c21-16(20(14-1-2-14)9-12-5-7-22-10-12)4-3-15-18-19-17(23-15)13-6-8-24-11-13/h6,8,11-12,14H,1-5,7,9-10H2. The molecule has 24 heavy (non-hydrogen) atoms. The summed E-state index contributed by atoms with van der Waals surface area (Å²) in [6.45, 7) is 2.43. The van der Waals surface area contributed by atoms with Crippen molar-refractivity contribution in [1.82, 2.24) is 15.1 Å². The van der Waals surface area contributed by atoms with Gasteiger partial charge in [0.2, 0.25) is 17.7 Å². The van der Waals surface area contributed by atoms with Gasteiger partial charge in [0.15, 0.2) is 0 Å². The molecule has 6 nitrogen and oxygen atoms in total. The van der Waals surface area contributed by atoms with Crippen LogP contribution >= 0.6 is 11.3 Å². The third-order valence-electron chi connectivity index (χ3n) is 4.57. The molecule has 1 amide bonds. The Bertz CT molecular complexity index is 675. The zero-order valence-electron chi connectivity index (χ0n) is 13.5. The van der Waals surface area contributed by atoms with Crippen molar-refractivity contribution in [2.24, 2.45) is 5.92 Å². The van der Waals surface area contributed by atoms with E-state index in [1.54, 1.807) is 11.3 Å². The largest absolute Gasteiger partial charge is 0.421 e. The maximum absolute atomic E-state index is 12.6. The average molecular weight is 347 g/mol. The van der Waals surface area contributed by atoms with E-state index in [1.165, 1.54) is 0 Å². The number of aromatic nitrogens is 2. The molecule has 2 aromatic rings. The van der Waals surface area contributed by atoms with Crippen molar-refractivity contribution in [3.8, 4) is 11.5 Å². The second kappa shape index (κ2) is 7.03. The lowest BCUT2D eigenvalue weighted by molar-refractivity contribution is -0.132. The molecular formula is C17H21N3O3S.